The second-order valence-electron chi connectivity index (χ2n) is 4.65. The number of nitrogens with zero attached hydrogens (tertiary/aromatic N) is 1. The molecule has 1 heterocycles. The lowest BCUT2D eigenvalue weighted by Crippen LogP contribution is -2.49. The molecule has 0 aromatic heterocycles. The number of nitrogens with one attached hydrogen (secondary N) is 1. The minimum Gasteiger partial charge on any atom is -0.507 e. The highest BCUT2D eigenvalue weighted by molar-refractivity contribution is 5.38. The van der Waals surface area contributed by atoms with Gasteiger partial charge in [0.2, 0.25) is 0 Å². The summed E-state index contributed by atoms with van der Waals surface area (Å²) in [7, 11) is 0. The Kier molecular flexibility index (Phi) is 4.33. The van der Waals surface area contributed by atoms with Crippen LogP contribution in [0.4, 0.5) is 26.3 Å². The number of alkyl halides is 3. The predicted molar refractivity (Wildman–Crippen MR) is 61.2 cm³/mol. The van der Waals surface area contributed by atoms with Crippen LogP contribution in [-0.4, -0.2) is 42.4 Å². The Hall–Kier alpha value is -1.48. The lowest BCUT2D eigenvalue weighted by Gasteiger charge is -2.36. The second kappa shape index (κ2) is 5.72. The van der Waals surface area contributed by atoms with Crippen molar-refractivity contribution >= 4 is 0 Å². The molecule has 1 atom stereocenters. The maximum atomic E-state index is 13.7. The van der Waals surface area contributed by atoms with Gasteiger partial charge in [-0.2, -0.15) is 13.2 Å². The molecule has 21 heavy (non-hydrogen) atoms. The molecule has 2 rings (SSSR count). The Balaban J connectivity index is 2.54. The van der Waals surface area contributed by atoms with Crippen LogP contribution in [0.2, 0.25) is 0 Å². The van der Waals surface area contributed by atoms with Crippen molar-refractivity contribution in [2.75, 3.05) is 26.2 Å². The van der Waals surface area contributed by atoms with Crippen LogP contribution in [0.15, 0.2) is 6.07 Å². The summed E-state index contributed by atoms with van der Waals surface area (Å²) in [6.07, 6.45) is -4.94. The number of phenolic OH excluding ortho intramolecular Hbond substituents is 1. The van der Waals surface area contributed by atoms with Crippen LogP contribution in [0, 0.1) is 17.5 Å². The van der Waals surface area contributed by atoms with Crippen LogP contribution < -0.4 is 5.32 Å². The van der Waals surface area contributed by atoms with Gasteiger partial charge in [-0.1, -0.05) is 0 Å². The summed E-state index contributed by atoms with van der Waals surface area (Å²) in [5.41, 5.74) is -1.29. The largest absolute Gasteiger partial charge is 0.507 e. The van der Waals surface area contributed by atoms with E-state index in [0.717, 1.165) is 4.90 Å². The van der Waals surface area contributed by atoms with Crippen molar-refractivity contribution in [3.8, 4) is 5.75 Å². The van der Waals surface area contributed by atoms with Crippen molar-refractivity contribution in [3.63, 3.8) is 0 Å². The molecule has 0 spiro atoms. The molecule has 1 aliphatic rings. The molecular weight excluding hydrogens is 302 g/mol. The standard InChI is InChI=1S/C12H12F6N2O/c13-6-5-7(21)8(10(15)9(6)14)11(12(16,17)18)20-3-1-19-2-4-20/h5,11,19,21H,1-4H2/t11-/m0/s1. The minimum atomic E-state index is -4.94. The van der Waals surface area contributed by atoms with Gasteiger partial charge >= 0.3 is 6.18 Å². The third-order valence-electron chi connectivity index (χ3n) is 3.28. The van der Waals surface area contributed by atoms with E-state index in [2.05, 4.69) is 5.32 Å². The molecule has 1 aromatic carbocycles. The van der Waals surface area contributed by atoms with E-state index in [9.17, 15) is 31.4 Å². The van der Waals surface area contributed by atoms with Crippen LogP contribution in [0.1, 0.15) is 11.6 Å². The maximum Gasteiger partial charge on any atom is 0.408 e. The molecule has 118 valence electrons. The molecule has 0 saturated carbocycles. The van der Waals surface area contributed by atoms with Gasteiger partial charge in [-0.15, -0.1) is 0 Å². The van der Waals surface area contributed by atoms with Crippen LogP contribution >= 0.6 is 0 Å². The summed E-state index contributed by atoms with van der Waals surface area (Å²) >= 11 is 0. The molecule has 1 aromatic rings. The quantitative estimate of drug-likeness (QED) is 0.650. The van der Waals surface area contributed by atoms with Crippen molar-refractivity contribution in [2.45, 2.75) is 12.2 Å². The predicted octanol–water partition coefficient (Wildman–Crippen LogP) is 2.32. The lowest BCUT2D eigenvalue weighted by atomic mass is 10.0. The average Bonchev–Trinajstić information content (AvgIpc) is 2.40. The number of phenols is 1. The normalized spacial score (nSPS) is 18.8. The highest BCUT2D eigenvalue weighted by atomic mass is 19.4. The third kappa shape index (κ3) is 3.08. The Labute approximate surface area is 116 Å². The summed E-state index contributed by atoms with van der Waals surface area (Å²) in [6.45, 7) is 0.335. The Morgan fingerprint density at radius 1 is 1.10 bits per heavy atom. The van der Waals surface area contributed by atoms with Crippen LogP contribution in [-0.2, 0) is 0 Å². The summed E-state index contributed by atoms with van der Waals surface area (Å²) in [5, 5.41) is 12.3. The highest BCUT2D eigenvalue weighted by Crippen LogP contribution is 2.43. The first-order chi connectivity index (χ1) is 9.73. The number of piperazine rings is 1. The lowest BCUT2D eigenvalue weighted by molar-refractivity contribution is -0.189. The zero-order valence-electron chi connectivity index (χ0n) is 10.6. The Morgan fingerprint density at radius 2 is 1.67 bits per heavy atom. The van der Waals surface area contributed by atoms with E-state index in [1.165, 1.54) is 0 Å². The number of aromatic hydroxyl groups is 1. The number of benzene rings is 1. The van der Waals surface area contributed by atoms with Gasteiger partial charge < -0.3 is 10.4 Å². The molecular formula is C12H12F6N2O. The molecule has 1 aliphatic heterocycles. The van der Waals surface area contributed by atoms with Gasteiger partial charge in [-0.05, 0) is 0 Å². The van der Waals surface area contributed by atoms with Crippen molar-refractivity contribution in [3.05, 3.63) is 29.1 Å². The van der Waals surface area contributed by atoms with Gasteiger partial charge in [0, 0.05) is 32.2 Å². The highest BCUT2D eigenvalue weighted by Gasteiger charge is 2.48. The molecule has 0 bridgehead atoms. The first-order valence-corrected chi connectivity index (χ1v) is 6.11. The fourth-order valence-corrected chi connectivity index (χ4v) is 2.35. The first kappa shape index (κ1) is 15.9. The molecule has 3 nitrogen and oxygen atoms in total. The van der Waals surface area contributed by atoms with Crippen molar-refractivity contribution in [1.82, 2.24) is 10.2 Å². The molecule has 0 unspecified atom stereocenters. The molecule has 1 saturated heterocycles. The number of hydrogen-bond donors (Lipinski definition) is 2. The van der Waals surface area contributed by atoms with Crippen molar-refractivity contribution < 1.29 is 31.4 Å². The van der Waals surface area contributed by atoms with Crippen LogP contribution in [0.3, 0.4) is 0 Å². The Bertz CT molecular complexity index is 527. The van der Waals surface area contributed by atoms with Crippen LogP contribution in [0.25, 0.3) is 0 Å². The van der Waals surface area contributed by atoms with Gasteiger partial charge in [0.05, 0.1) is 5.56 Å². The van der Waals surface area contributed by atoms with E-state index in [0.29, 0.717) is 0 Å². The minimum absolute atomic E-state index is 0.0674. The van der Waals surface area contributed by atoms with Gasteiger partial charge in [0.15, 0.2) is 17.5 Å². The zero-order valence-corrected chi connectivity index (χ0v) is 10.6. The molecule has 2 N–H and O–H groups in total. The van der Waals surface area contributed by atoms with Gasteiger partial charge in [-0.3, -0.25) is 4.90 Å². The topological polar surface area (TPSA) is 35.5 Å². The van der Waals surface area contributed by atoms with E-state index in [1.807, 2.05) is 0 Å². The fourth-order valence-electron chi connectivity index (χ4n) is 2.35. The number of halogens is 6. The smallest absolute Gasteiger partial charge is 0.408 e. The molecule has 1 fully saturated rings. The van der Waals surface area contributed by atoms with E-state index in [-0.39, 0.29) is 32.2 Å². The van der Waals surface area contributed by atoms with E-state index < -0.39 is 41.0 Å². The molecule has 0 radical (unpaired) electrons. The zero-order chi connectivity index (χ0) is 15.8. The van der Waals surface area contributed by atoms with Gasteiger partial charge in [-0.25, -0.2) is 13.2 Å². The monoisotopic (exact) mass is 314 g/mol. The Morgan fingerprint density at radius 3 is 2.19 bits per heavy atom. The second-order valence-corrected chi connectivity index (χ2v) is 4.65. The number of rotatable bonds is 2. The SMILES string of the molecule is Oc1cc(F)c(F)c(F)c1[C@H](N1CCNCC1)C(F)(F)F. The average molecular weight is 314 g/mol. The third-order valence-corrected chi connectivity index (χ3v) is 3.28. The van der Waals surface area contributed by atoms with E-state index in [1.54, 1.807) is 0 Å². The van der Waals surface area contributed by atoms with Gasteiger partial charge in [0.25, 0.3) is 0 Å². The van der Waals surface area contributed by atoms with Crippen molar-refractivity contribution in [1.29, 1.82) is 0 Å². The van der Waals surface area contributed by atoms with Crippen molar-refractivity contribution in [2.24, 2.45) is 0 Å². The molecule has 0 aliphatic carbocycles. The maximum absolute atomic E-state index is 13.7. The molecule has 9 heteroatoms. The first-order valence-electron chi connectivity index (χ1n) is 6.11. The van der Waals surface area contributed by atoms with Gasteiger partial charge in [0.1, 0.15) is 11.8 Å². The van der Waals surface area contributed by atoms with Crippen LogP contribution in [0.5, 0.6) is 5.75 Å². The summed E-state index contributed by atoms with van der Waals surface area (Å²) in [6, 6.07) is -2.39. The summed E-state index contributed by atoms with van der Waals surface area (Å²) in [4.78, 5) is 0.867. The number of hydrogen-bond acceptors (Lipinski definition) is 3. The summed E-state index contributed by atoms with van der Waals surface area (Å²) < 4.78 is 79.6. The summed E-state index contributed by atoms with van der Waals surface area (Å²) in [5.74, 6) is -7.05. The van der Waals surface area contributed by atoms with E-state index >= 15 is 0 Å². The van der Waals surface area contributed by atoms with E-state index in [4.69, 9.17) is 0 Å². The fraction of sp³-hybridized carbons (Fsp3) is 0.500. The molecule has 0 amide bonds.